The standard InChI is InChI=1S/C42H72N2O5.C25H46N2O2.C23H42N2O4.2CH4/c1-18-19-20-42(34(46)48-29-24-38(8,9)43(16)39(10,11)25-29,35(47)49-30-26-40(12,13)44(17)41(14,15)27-30)23-28-21-31(36(2,3)4)33(45)32(22-28)37(5,6)7;1-6-7-8-9-10-11-12-13-14-15-16-20-17-22(28)27(23(20)29)21-18-24(2,3)26-25(4,5)19-21;1-20(2)12-16(13-21(3,4)24(20)9)28-18(26)11-19(27)29-17-14-22(5,6)25(10)23(7,8)15-17;;/h21-22,29-30,45H,18-20,23-27H2,1-17H3;20-21,26H,6-19H2,1-5H3;16-17H,11-15H2,1-10H3;2*1H4. The summed E-state index contributed by atoms with van der Waals surface area (Å²) in [6.07, 6.45) is 22.4. The number of amides is 2. The molecule has 17 heteroatoms. The van der Waals surface area contributed by atoms with E-state index >= 15 is 0 Å². The number of nitrogens with one attached hydrogen (secondary N) is 1. The smallest absolute Gasteiger partial charge is 0.324 e. The van der Waals surface area contributed by atoms with Gasteiger partial charge < -0.3 is 29.4 Å². The number of unbranched alkanes of at least 4 members (excludes halogenated alkanes) is 10. The summed E-state index contributed by atoms with van der Waals surface area (Å²) in [7, 11) is 8.49. The minimum Gasteiger partial charge on any atom is -0.507 e. The number of phenols is 1. The Balaban J connectivity index is 0.000000444. The summed E-state index contributed by atoms with van der Waals surface area (Å²) in [6.45, 7) is 60.3. The fourth-order valence-electron chi connectivity index (χ4n) is 19.5. The summed E-state index contributed by atoms with van der Waals surface area (Å²) in [5.74, 6) is -1.57. The molecule has 1 aromatic rings. The van der Waals surface area contributed by atoms with Gasteiger partial charge in [0.1, 0.15) is 36.6 Å². The van der Waals surface area contributed by atoms with Crippen LogP contribution in [0.3, 0.4) is 0 Å². The summed E-state index contributed by atoms with van der Waals surface area (Å²) >= 11 is 0. The second-order valence-corrected chi connectivity index (χ2v) is 42.7. The molecule has 6 heterocycles. The summed E-state index contributed by atoms with van der Waals surface area (Å²) in [5.41, 5.74) is -0.953. The van der Waals surface area contributed by atoms with Gasteiger partial charge in [-0.25, -0.2) is 0 Å². The second-order valence-electron chi connectivity index (χ2n) is 42.7. The second kappa shape index (κ2) is 37.6. The third kappa shape index (κ3) is 26.4. The van der Waals surface area contributed by atoms with Gasteiger partial charge in [0, 0.05) is 125 Å². The summed E-state index contributed by atoms with van der Waals surface area (Å²) in [5, 5.41) is 15.2. The molecule has 0 aliphatic carbocycles. The quantitative estimate of drug-likeness (QED) is 0.0309. The topological polar surface area (TPSA) is 188 Å². The molecule has 17 nitrogen and oxygen atoms in total. The van der Waals surface area contributed by atoms with Crippen molar-refractivity contribution in [3.63, 3.8) is 0 Å². The predicted molar refractivity (Wildman–Crippen MR) is 450 cm³/mol. The number of piperidine rings is 5. The molecule has 1 unspecified atom stereocenters. The van der Waals surface area contributed by atoms with Gasteiger partial charge in [0.15, 0.2) is 5.41 Å². The summed E-state index contributed by atoms with van der Waals surface area (Å²) in [6, 6.07) is 4.03. The van der Waals surface area contributed by atoms with Crippen LogP contribution in [0, 0.1) is 11.3 Å². The molecule has 0 bridgehead atoms. The van der Waals surface area contributed by atoms with Crippen LogP contribution < -0.4 is 5.32 Å². The van der Waals surface area contributed by atoms with E-state index in [0.29, 0.717) is 44.9 Å². The molecule has 0 saturated carbocycles. The minimum absolute atomic E-state index is 0. The normalized spacial score (nSPS) is 23.7. The highest BCUT2D eigenvalue weighted by Gasteiger charge is 2.55. The van der Waals surface area contributed by atoms with E-state index in [1.165, 1.54) is 57.8 Å². The molecule has 1 aromatic carbocycles. The Bertz CT molecular complexity index is 2930. The van der Waals surface area contributed by atoms with Gasteiger partial charge in [-0.3, -0.25) is 53.3 Å². The molecule has 632 valence electrons. The van der Waals surface area contributed by atoms with Gasteiger partial charge in [0.05, 0.1) is 0 Å². The third-order valence-electron chi connectivity index (χ3n) is 26.3. The number of carbonyl (C=O) groups excluding carboxylic acids is 6. The van der Waals surface area contributed by atoms with Crippen LogP contribution in [0.15, 0.2) is 12.1 Å². The largest absolute Gasteiger partial charge is 0.507 e. The number of likely N-dealkylation sites (tertiary alicyclic amines) is 5. The number of esters is 4. The van der Waals surface area contributed by atoms with Crippen LogP contribution in [0.25, 0.3) is 0 Å². The number of benzene rings is 1. The van der Waals surface area contributed by atoms with Gasteiger partial charge in [-0.2, -0.15) is 0 Å². The van der Waals surface area contributed by atoms with Crippen molar-refractivity contribution >= 4 is 35.7 Å². The molecule has 7 rings (SSSR count). The van der Waals surface area contributed by atoms with E-state index in [1.54, 1.807) is 4.90 Å². The van der Waals surface area contributed by atoms with Crippen molar-refractivity contribution in [2.45, 2.75) is 479 Å². The number of hydrogen-bond donors (Lipinski definition) is 2. The van der Waals surface area contributed by atoms with E-state index in [0.717, 1.165) is 74.5 Å². The SMILES string of the molecule is C.C.CCCCC(Cc1cc(C(C)(C)C)c(O)c(C(C)(C)C)c1)(C(=O)OC1CC(C)(C)N(C)C(C)(C)C1)C(=O)OC1CC(C)(C)N(C)C(C)(C)C1.CCCCCCCCCCCCC1CC(=O)N(C2CC(C)(C)NC(C)(C)C2)C1=O.CN1C(C)(C)CC(OC(=O)CC(=O)OC2CC(C)(C)N(C)C(C)(C)C2)CC1(C)C. The van der Waals surface area contributed by atoms with E-state index in [1.807, 2.05) is 12.1 Å². The highest BCUT2D eigenvalue weighted by molar-refractivity contribution is 6.04. The van der Waals surface area contributed by atoms with Crippen LogP contribution in [0.1, 0.15) is 392 Å². The zero-order chi connectivity index (χ0) is 81.7. The maximum Gasteiger partial charge on any atom is 0.324 e. The zero-order valence-electron chi connectivity index (χ0n) is 74.5. The lowest BCUT2D eigenvalue weighted by Crippen LogP contribution is -2.62. The molecule has 6 fully saturated rings. The molecule has 0 spiro atoms. The van der Waals surface area contributed by atoms with Crippen molar-refractivity contribution in [1.82, 2.24) is 29.8 Å². The molecule has 0 radical (unpaired) electrons. The number of imide groups is 1. The fraction of sp³-hybridized carbons (Fsp3) is 0.870. The molecule has 6 saturated heterocycles. The van der Waals surface area contributed by atoms with Crippen molar-refractivity contribution in [2.24, 2.45) is 11.3 Å². The molecule has 6 aliphatic rings. The van der Waals surface area contributed by atoms with Crippen LogP contribution in [0.4, 0.5) is 0 Å². The highest BCUT2D eigenvalue weighted by Crippen LogP contribution is 2.48. The first kappa shape index (κ1) is 99.0. The van der Waals surface area contributed by atoms with Crippen molar-refractivity contribution in [1.29, 1.82) is 0 Å². The highest BCUT2D eigenvalue weighted by atomic mass is 16.6. The molecule has 2 amide bonds. The number of rotatable bonds is 25. The number of carbonyl (C=O) groups is 6. The average Bonchev–Trinajstić information content (AvgIpc) is 1.27. The Morgan fingerprint density at radius 1 is 0.450 bits per heavy atom. The number of phenolic OH excluding ortho intramolecular Hbond substituents is 1. The summed E-state index contributed by atoms with van der Waals surface area (Å²) in [4.78, 5) is 91.5. The van der Waals surface area contributed by atoms with E-state index in [9.17, 15) is 33.9 Å². The molecule has 2 N–H and O–H groups in total. The van der Waals surface area contributed by atoms with Gasteiger partial charge in [0.2, 0.25) is 11.8 Å². The Morgan fingerprint density at radius 2 is 0.743 bits per heavy atom. The molecule has 109 heavy (non-hydrogen) atoms. The molecular formula is C92H168N6O11. The third-order valence-corrected chi connectivity index (χ3v) is 26.3. The Morgan fingerprint density at radius 3 is 1.05 bits per heavy atom. The van der Waals surface area contributed by atoms with Gasteiger partial charge in [-0.1, -0.05) is 159 Å². The Kier molecular flexibility index (Phi) is 34.2. The number of ether oxygens (including phenoxy) is 4. The van der Waals surface area contributed by atoms with Crippen LogP contribution in [0.2, 0.25) is 0 Å². The van der Waals surface area contributed by atoms with Gasteiger partial charge >= 0.3 is 23.9 Å². The van der Waals surface area contributed by atoms with Crippen molar-refractivity contribution < 1.29 is 52.8 Å². The predicted octanol–water partition coefficient (Wildman–Crippen LogP) is 20.1. The first-order valence-electron chi connectivity index (χ1n) is 41.9. The minimum atomic E-state index is -1.54. The van der Waals surface area contributed by atoms with E-state index in [-0.39, 0.29) is 148 Å². The van der Waals surface area contributed by atoms with E-state index in [4.69, 9.17) is 18.9 Å². The van der Waals surface area contributed by atoms with Crippen molar-refractivity contribution in [3.8, 4) is 5.75 Å². The van der Waals surface area contributed by atoms with Crippen LogP contribution in [-0.2, 0) is 65.0 Å². The summed E-state index contributed by atoms with van der Waals surface area (Å²) < 4.78 is 24.5. The zero-order valence-corrected chi connectivity index (χ0v) is 74.5. The maximum absolute atomic E-state index is 15.0. The van der Waals surface area contributed by atoms with E-state index in [2.05, 4.69) is 247 Å². The van der Waals surface area contributed by atoms with E-state index < -0.39 is 29.3 Å². The van der Waals surface area contributed by atoms with Gasteiger partial charge in [-0.15, -0.1) is 0 Å². The first-order valence-corrected chi connectivity index (χ1v) is 41.9. The monoisotopic (exact) mass is 1530 g/mol. The van der Waals surface area contributed by atoms with Crippen LogP contribution >= 0.6 is 0 Å². The lowest BCUT2D eigenvalue weighted by Gasteiger charge is -2.53. The van der Waals surface area contributed by atoms with Crippen molar-refractivity contribution in [3.05, 3.63) is 28.8 Å². The average molecular weight is 1530 g/mol. The van der Waals surface area contributed by atoms with Crippen molar-refractivity contribution in [2.75, 3.05) is 28.2 Å². The van der Waals surface area contributed by atoms with Crippen LogP contribution in [0.5, 0.6) is 5.75 Å². The maximum atomic E-state index is 15.0. The number of aromatic hydroxyl groups is 1. The number of hydrogen-bond acceptors (Lipinski definition) is 16. The lowest BCUT2D eigenvalue weighted by atomic mass is 9.73. The Hall–Kier alpha value is -4.16. The number of nitrogens with zero attached hydrogens (tertiary/aromatic N) is 5. The first-order chi connectivity index (χ1) is 48.6. The fourth-order valence-corrected chi connectivity index (χ4v) is 19.5. The lowest BCUT2D eigenvalue weighted by molar-refractivity contribution is -0.188. The van der Waals surface area contributed by atoms with Crippen LogP contribution in [-0.4, -0.2) is 179 Å². The molecular weight excluding hydrogens is 1370 g/mol. The Labute approximate surface area is 667 Å². The van der Waals surface area contributed by atoms with Gasteiger partial charge in [-0.05, 0) is 226 Å². The molecule has 0 aromatic heterocycles. The van der Waals surface area contributed by atoms with Gasteiger partial charge in [0.25, 0.3) is 0 Å². The molecule has 1 atom stereocenters. The molecule has 6 aliphatic heterocycles.